The molecule has 4 heterocycles. The van der Waals surface area contributed by atoms with Gasteiger partial charge in [0.2, 0.25) is 0 Å². The number of carbonyl (C=O) groups excluding carboxylic acids is 2. The SMILES string of the molecule is O=C1NCC(Cn2cc(C(=O)N3CC(NC4CCOC4)C3)nn2)O1. The highest BCUT2D eigenvalue weighted by atomic mass is 16.6. The summed E-state index contributed by atoms with van der Waals surface area (Å²) >= 11 is 0. The van der Waals surface area contributed by atoms with E-state index in [1.807, 2.05) is 0 Å². The molecule has 0 aromatic carbocycles. The largest absolute Gasteiger partial charge is 0.442 e. The average Bonchev–Trinajstić information content (AvgIpc) is 3.25. The first-order valence-corrected chi connectivity index (χ1v) is 8.15. The number of rotatable bonds is 5. The molecule has 1 aromatic heterocycles. The molecule has 1 aromatic rings. The summed E-state index contributed by atoms with van der Waals surface area (Å²) in [6.45, 7) is 3.72. The van der Waals surface area contributed by atoms with E-state index in [4.69, 9.17) is 9.47 Å². The molecule has 3 saturated heterocycles. The molecule has 0 aliphatic carbocycles. The Bertz CT molecular complexity index is 623. The van der Waals surface area contributed by atoms with E-state index in [-0.39, 0.29) is 12.0 Å². The zero-order valence-corrected chi connectivity index (χ0v) is 13.2. The first-order chi connectivity index (χ1) is 11.7. The zero-order valence-electron chi connectivity index (χ0n) is 13.2. The smallest absolute Gasteiger partial charge is 0.407 e. The van der Waals surface area contributed by atoms with Crippen molar-refractivity contribution in [2.45, 2.75) is 31.2 Å². The van der Waals surface area contributed by atoms with Crippen molar-refractivity contribution in [3.63, 3.8) is 0 Å². The van der Waals surface area contributed by atoms with Crippen molar-refractivity contribution in [1.82, 2.24) is 30.5 Å². The molecule has 2 N–H and O–H groups in total. The van der Waals surface area contributed by atoms with Gasteiger partial charge in [0.15, 0.2) is 5.69 Å². The lowest BCUT2D eigenvalue weighted by Crippen LogP contribution is -2.61. The van der Waals surface area contributed by atoms with Crippen LogP contribution in [0.2, 0.25) is 0 Å². The summed E-state index contributed by atoms with van der Waals surface area (Å²) in [5, 5.41) is 13.9. The van der Waals surface area contributed by atoms with Gasteiger partial charge in [0.05, 0.1) is 25.9 Å². The summed E-state index contributed by atoms with van der Waals surface area (Å²) in [5.41, 5.74) is 0.315. The van der Waals surface area contributed by atoms with Crippen molar-refractivity contribution < 1.29 is 19.1 Å². The maximum atomic E-state index is 12.4. The first-order valence-electron chi connectivity index (χ1n) is 8.15. The van der Waals surface area contributed by atoms with Crippen LogP contribution in [-0.4, -0.2) is 82.9 Å². The van der Waals surface area contributed by atoms with E-state index >= 15 is 0 Å². The summed E-state index contributed by atoms with van der Waals surface area (Å²) in [5.74, 6) is -0.122. The summed E-state index contributed by atoms with van der Waals surface area (Å²) in [4.78, 5) is 25.1. The Morgan fingerprint density at radius 2 is 2.29 bits per heavy atom. The molecule has 4 rings (SSSR count). The van der Waals surface area contributed by atoms with Crippen LogP contribution in [0.3, 0.4) is 0 Å². The Morgan fingerprint density at radius 3 is 3.00 bits per heavy atom. The molecule has 130 valence electrons. The van der Waals surface area contributed by atoms with Gasteiger partial charge >= 0.3 is 6.09 Å². The molecule has 24 heavy (non-hydrogen) atoms. The lowest BCUT2D eigenvalue weighted by molar-refractivity contribution is 0.0542. The molecular weight excluding hydrogens is 316 g/mol. The third-order valence-corrected chi connectivity index (χ3v) is 4.47. The van der Waals surface area contributed by atoms with Gasteiger partial charge in [0, 0.05) is 31.8 Å². The van der Waals surface area contributed by atoms with E-state index in [9.17, 15) is 9.59 Å². The highest BCUT2D eigenvalue weighted by Crippen LogP contribution is 2.15. The number of hydrogen-bond donors (Lipinski definition) is 2. The van der Waals surface area contributed by atoms with Crippen LogP contribution in [0.1, 0.15) is 16.9 Å². The van der Waals surface area contributed by atoms with E-state index < -0.39 is 6.09 Å². The highest BCUT2D eigenvalue weighted by Gasteiger charge is 2.34. The Balaban J connectivity index is 1.26. The highest BCUT2D eigenvalue weighted by molar-refractivity contribution is 5.92. The molecule has 2 atom stereocenters. The van der Waals surface area contributed by atoms with Gasteiger partial charge < -0.3 is 25.0 Å². The van der Waals surface area contributed by atoms with Crippen LogP contribution in [-0.2, 0) is 16.0 Å². The van der Waals surface area contributed by atoms with Crippen LogP contribution in [0.5, 0.6) is 0 Å². The molecule has 10 nitrogen and oxygen atoms in total. The second-order valence-corrected chi connectivity index (χ2v) is 6.37. The fourth-order valence-corrected chi connectivity index (χ4v) is 3.14. The number of nitrogens with zero attached hydrogens (tertiary/aromatic N) is 4. The maximum absolute atomic E-state index is 12.4. The summed E-state index contributed by atoms with van der Waals surface area (Å²) in [6.07, 6.45) is 1.91. The second kappa shape index (κ2) is 6.36. The van der Waals surface area contributed by atoms with E-state index in [1.165, 1.54) is 4.68 Å². The van der Waals surface area contributed by atoms with Gasteiger partial charge in [-0.25, -0.2) is 9.48 Å². The maximum Gasteiger partial charge on any atom is 0.407 e. The van der Waals surface area contributed by atoms with Crippen molar-refractivity contribution >= 4 is 12.0 Å². The number of hydrogen-bond acceptors (Lipinski definition) is 7. The fraction of sp³-hybridized carbons (Fsp3) is 0.714. The predicted molar refractivity (Wildman–Crippen MR) is 80.3 cm³/mol. The molecule has 0 radical (unpaired) electrons. The van der Waals surface area contributed by atoms with Crippen molar-refractivity contribution in [2.75, 3.05) is 32.8 Å². The quantitative estimate of drug-likeness (QED) is 0.679. The van der Waals surface area contributed by atoms with Crippen LogP contribution in [0.15, 0.2) is 6.20 Å². The van der Waals surface area contributed by atoms with E-state index in [0.29, 0.717) is 44.0 Å². The number of ether oxygens (including phenoxy) is 2. The van der Waals surface area contributed by atoms with Crippen LogP contribution in [0, 0.1) is 0 Å². The second-order valence-electron chi connectivity index (χ2n) is 6.37. The minimum Gasteiger partial charge on any atom is -0.442 e. The van der Waals surface area contributed by atoms with E-state index in [1.54, 1.807) is 11.1 Å². The number of carbonyl (C=O) groups is 2. The summed E-state index contributed by atoms with van der Waals surface area (Å²) in [6, 6.07) is 0.718. The van der Waals surface area contributed by atoms with E-state index in [0.717, 1.165) is 19.6 Å². The first kappa shape index (κ1) is 15.3. The molecule has 2 amide bonds. The number of aromatic nitrogens is 3. The standard InChI is InChI=1S/C14H20N6O4/c21-13(19-4-10(5-19)16-9-1-2-23-8-9)12-7-20(18-17-12)6-11-3-15-14(22)24-11/h7,9-11,16H,1-6,8H2,(H,15,22). The van der Waals surface area contributed by atoms with Gasteiger partial charge in [0.25, 0.3) is 5.91 Å². The molecule has 0 saturated carbocycles. The van der Waals surface area contributed by atoms with Crippen LogP contribution in [0.25, 0.3) is 0 Å². The van der Waals surface area contributed by atoms with Gasteiger partial charge in [0.1, 0.15) is 6.10 Å². The van der Waals surface area contributed by atoms with Crippen LogP contribution >= 0.6 is 0 Å². The van der Waals surface area contributed by atoms with Crippen molar-refractivity contribution in [3.8, 4) is 0 Å². The zero-order chi connectivity index (χ0) is 16.5. The Hall–Kier alpha value is -2.20. The van der Waals surface area contributed by atoms with Crippen molar-refractivity contribution in [3.05, 3.63) is 11.9 Å². The normalized spacial score (nSPS) is 27.0. The molecule has 10 heteroatoms. The third-order valence-electron chi connectivity index (χ3n) is 4.47. The molecule has 3 fully saturated rings. The van der Waals surface area contributed by atoms with Gasteiger partial charge in [-0.05, 0) is 6.42 Å². The van der Waals surface area contributed by atoms with Gasteiger partial charge in [-0.3, -0.25) is 4.79 Å². The molecule has 3 aliphatic rings. The molecule has 0 bridgehead atoms. The number of cyclic esters (lactones) is 1. The number of alkyl carbamates (subject to hydrolysis) is 1. The van der Waals surface area contributed by atoms with Crippen LogP contribution in [0.4, 0.5) is 4.79 Å². The monoisotopic (exact) mass is 336 g/mol. The Labute approximate surface area is 138 Å². The molecule has 2 unspecified atom stereocenters. The van der Waals surface area contributed by atoms with Crippen molar-refractivity contribution in [2.24, 2.45) is 0 Å². The Kier molecular flexibility index (Phi) is 4.07. The van der Waals surface area contributed by atoms with Crippen molar-refractivity contribution in [1.29, 1.82) is 0 Å². The average molecular weight is 336 g/mol. The Morgan fingerprint density at radius 1 is 1.42 bits per heavy atom. The third kappa shape index (κ3) is 3.20. The topological polar surface area (TPSA) is 111 Å². The number of amides is 2. The minimum absolute atomic E-state index is 0.122. The molecule has 3 aliphatic heterocycles. The minimum atomic E-state index is -0.428. The molecular formula is C14H20N6O4. The summed E-state index contributed by atoms with van der Waals surface area (Å²) < 4.78 is 11.9. The molecule has 0 spiro atoms. The lowest BCUT2D eigenvalue weighted by Gasteiger charge is -2.40. The number of nitrogens with one attached hydrogen (secondary N) is 2. The van der Waals surface area contributed by atoms with Crippen LogP contribution < -0.4 is 10.6 Å². The summed E-state index contributed by atoms with van der Waals surface area (Å²) in [7, 11) is 0. The fourth-order valence-electron chi connectivity index (χ4n) is 3.14. The van der Waals surface area contributed by atoms with Gasteiger partial charge in [-0.2, -0.15) is 0 Å². The van der Waals surface area contributed by atoms with Gasteiger partial charge in [-0.15, -0.1) is 5.10 Å². The van der Waals surface area contributed by atoms with Gasteiger partial charge in [-0.1, -0.05) is 5.21 Å². The van der Waals surface area contributed by atoms with E-state index in [2.05, 4.69) is 20.9 Å². The number of likely N-dealkylation sites (tertiary alicyclic amines) is 1. The lowest BCUT2D eigenvalue weighted by atomic mass is 10.1. The predicted octanol–water partition coefficient (Wildman–Crippen LogP) is -1.41.